The number of halogens is 2. The summed E-state index contributed by atoms with van der Waals surface area (Å²) in [7, 11) is 0. The predicted octanol–water partition coefficient (Wildman–Crippen LogP) is 3.53. The Hall–Kier alpha value is -0.910. The Kier molecular flexibility index (Phi) is 4.74. The second kappa shape index (κ2) is 6.31. The van der Waals surface area contributed by atoms with Crippen LogP contribution in [0.5, 0.6) is 0 Å². The van der Waals surface area contributed by atoms with E-state index in [2.05, 4.69) is 26.2 Å². The van der Waals surface area contributed by atoms with Crippen LogP contribution in [0.2, 0.25) is 5.15 Å². The average molecular weight is 346 g/mol. The molecule has 0 aromatic carbocycles. The molecule has 0 atom stereocenters. The molecule has 0 saturated carbocycles. The Morgan fingerprint density at radius 1 is 1.39 bits per heavy atom. The molecule has 0 unspecified atom stereocenters. The molecule has 2 rings (SSSR count). The zero-order chi connectivity index (χ0) is 13.0. The van der Waals surface area contributed by atoms with Crippen LogP contribution in [-0.2, 0) is 6.42 Å². The zero-order valence-electron chi connectivity index (χ0n) is 9.32. The van der Waals surface area contributed by atoms with E-state index in [4.69, 9.17) is 11.6 Å². The minimum absolute atomic E-state index is 0.130. The predicted molar refractivity (Wildman–Crippen MR) is 77.3 cm³/mol. The average Bonchev–Trinajstić information content (AvgIpc) is 2.76. The molecule has 1 amide bonds. The largest absolute Gasteiger partial charge is 0.352 e. The monoisotopic (exact) mass is 344 g/mol. The molecule has 0 spiro atoms. The van der Waals surface area contributed by atoms with E-state index in [1.165, 1.54) is 11.1 Å². The summed E-state index contributed by atoms with van der Waals surface area (Å²) in [4.78, 5) is 16.9. The van der Waals surface area contributed by atoms with E-state index in [0.29, 0.717) is 17.3 Å². The van der Waals surface area contributed by atoms with E-state index in [-0.39, 0.29) is 5.91 Å². The minimum atomic E-state index is -0.130. The van der Waals surface area contributed by atoms with Gasteiger partial charge in [-0.1, -0.05) is 11.6 Å². The first-order valence-electron chi connectivity index (χ1n) is 5.29. The summed E-state index contributed by atoms with van der Waals surface area (Å²) in [5, 5.41) is 3.23. The van der Waals surface area contributed by atoms with Gasteiger partial charge in [0, 0.05) is 17.6 Å². The zero-order valence-corrected chi connectivity index (χ0v) is 12.5. The van der Waals surface area contributed by atoms with Gasteiger partial charge in [0.15, 0.2) is 0 Å². The van der Waals surface area contributed by atoms with Crippen molar-refractivity contribution in [3.05, 3.63) is 49.8 Å². The molecular weight excluding hydrogens is 336 g/mol. The Labute approximate surface area is 122 Å². The molecule has 0 aliphatic carbocycles. The topological polar surface area (TPSA) is 42.0 Å². The third-order valence-electron chi connectivity index (χ3n) is 2.28. The number of nitrogens with one attached hydrogen (secondary N) is 1. The Balaban J connectivity index is 1.83. The van der Waals surface area contributed by atoms with Gasteiger partial charge in [0.25, 0.3) is 5.91 Å². The standard InChI is InChI=1S/C12H10BrClN2OS/c13-10-3-2-9(18-10)5-6-15-12(17)8-1-4-11(14)16-7-8/h1-4,7H,5-6H2,(H,15,17). The molecule has 2 aromatic heterocycles. The lowest BCUT2D eigenvalue weighted by Crippen LogP contribution is -2.25. The van der Waals surface area contributed by atoms with Gasteiger partial charge >= 0.3 is 0 Å². The second-order valence-electron chi connectivity index (χ2n) is 3.58. The minimum Gasteiger partial charge on any atom is -0.352 e. The van der Waals surface area contributed by atoms with Gasteiger partial charge in [-0.25, -0.2) is 4.98 Å². The number of pyridine rings is 1. The highest BCUT2D eigenvalue weighted by Crippen LogP contribution is 2.22. The highest BCUT2D eigenvalue weighted by atomic mass is 79.9. The van der Waals surface area contributed by atoms with Gasteiger partial charge in [0.2, 0.25) is 0 Å². The Morgan fingerprint density at radius 2 is 2.22 bits per heavy atom. The Bertz CT molecular complexity index is 541. The van der Waals surface area contributed by atoms with Gasteiger partial charge in [-0.05, 0) is 46.6 Å². The number of hydrogen-bond acceptors (Lipinski definition) is 3. The van der Waals surface area contributed by atoms with E-state index in [1.807, 2.05) is 12.1 Å². The van der Waals surface area contributed by atoms with Crippen molar-refractivity contribution in [3.63, 3.8) is 0 Å². The maximum atomic E-state index is 11.8. The fourth-order valence-corrected chi connectivity index (χ4v) is 2.99. The number of rotatable bonds is 4. The molecule has 0 aliphatic heterocycles. The van der Waals surface area contributed by atoms with Gasteiger partial charge in [-0.3, -0.25) is 4.79 Å². The van der Waals surface area contributed by atoms with Crippen molar-refractivity contribution in [1.82, 2.24) is 10.3 Å². The number of nitrogens with zero attached hydrogens (tertiary/aromatic N) is 1. The van der Waals surface area contributed by atoms with Crippen LogP contribution in [0.3, 0.4) is 0 Å². The fourth-order valence-electron chi connectivity index (χ4n) is 1.40. The van der Waals surface area contributed by atoms with Crippen LogP contribution in [-0.4, -0.2) is 17.4 Å². The number of thiophene rings is 1. The van der Waals surface area contributed by atoms with Crippen molar-refractivity contribution < 1.29 is 4.79 Å². The maximum Gasteiger partial charge on any atom is 0.252 e. The van der Waals surface area contributed by atoms with Crippen LogP contribution in [0.1, 0.15) is 15.2 Å². The molecule has 0 saturated heterocycles. The van der Waals surface area contributed by atoms with Crippen LogP contribution in [0.4, 0.5) is 0 Å². The summed E-state index contributed by atoms with van der Waals surface area (Å²) in [5.41, 5.74) is 0.520. The molecule has 1 N–H and O–H groups in total. The molecule has 2 heterocycles. The van der Waals surface area contributed by atoms with Crippen LogP contribution >= 0.6 is 38.9 Å². The first kappa shape index (κ1) is 13.5. The number of carbonyl (C=O) groups excluding carboxylic acids is 1. The summed E-state index contributed by atoms with van der Waals surface area (Å²) < 4.78 is 1.10. The summed E-state index contributed by atoms with van der Waals surface area (Å²) in [6.07, 6.45) is 2.29. The molecule has 94 valence electrons. The van der Waals surface area contributed by atoms with Crippen LogP contribution in [0, 0.1) is 0 Å². The highest BCUT2D eigenvalue weighted by molar-refractivity contribution is 9.11. The number of amides is 1. The smallest absolute Gasteiger partial charge is 0.252 e. The van der Waals surface area contributed by atoms with E-state index in [1.54, 1.807) is 23.5 Å². The normalized spacial score (nSPS) is 10.3. The summed E-state index contributed by atoms with van der Waals surface area (Å²) in [5.74, 6) is -0.130. The van der Waals surface area contributed by atoms with Gasteiger partial charge in [0.05, 0.1) is 9.35 Å². The molecule has 0 aliphatic rings. The molecular formula is C12H10BrClN2OS. The van der Waals surface area contributed by atoms with Crippen molar-refractivity contribution >= 4 is 44.8 Å². The van der Waals surface area contributed by atoms with Crippen molar-refractivity contribution in [3.8, 4) is 0 Å². The van der Waals surface area contributed by atoms with E-state index in [0.717, 1.165) is 10.2 Å². The third kappa shape index (κ3) is 3.80. The summed E-state index contributed by atoms with van der Waals surface area (Å²) >= 11 is 10.7. The summed E-state index contributed by atoms with van der Waals surface area (Å²) in [6.45, 7) is 0.606. The molecule has 6 heteroatoms. The molecule has 2 aromatic rings. The van der Waals surface area contributed by atoms with E-state index in [9.17, 15) is 4.79 Å². The molecule has 18 heavy (non-hydrogen) atoms. The van der Waals surface area contributed by atoms with Crippen LogP contribution in [0.15, 0.2) is 34.2 Å². The maximum absolute atomic E-state index is 11.8. The van der Waals surface area contributed by atoms with Crippen molar-refractivity contribution in [2.75, 3.05) is 6.54 Å². The fraction of sp³-hybridized carbons (Fsp3) is 0.167. The second-order valence-corrected chi connectivity index (χ2v) is 6.52. The lowest BCUT2D eigenvalue weighted by atomic mass is 10.2. The lowest BCUT2D eigenvalue weighted by molar-refractivity contribution is 0.0954. The number of hydrogen-bond donors (Lipinski definition) is 1. The quantitative estimate of drug-likeness (QED) is 0.861. The molecule has 3 nitrogen and oxygen atoms in total. The molecule has 0 bridgehead atoms. The van der Waals surface area contributed by atoms with Gasteiger partial charge in [0.1, 0.15) is 5.15 Å². The van der Waals surface area contributed by atoms with Gasteiger partial charge in [-0.15, -0.1) is 11.3 Å². The Morgan fingerprint density at radius 3 is 2.83 bits per heavy atom. The van der Waals surface area contributed by atoms with Gasteiger partial charge in [-0.2, -0.15) is 0 Å². The van der Waals surface area contributed by atoms with Crippen molar-refractivity contribution in [2.45, 2.75) is 6.42 Å². The third-order valence-corrected chi connectivity index (χ3v) is 4.18. The molecule has 0 fully saturated rings. The van der Waals surface area contributed by atoms with Crippen molar-refractivity contribution in [1.29, 1.82) is 0 Å². The first-order valence-corrected chi connectivity index (χ1v) is 7.28. The van der Waals surface area contributed by atoms with E-state index < -0.39 is 0 Å². The van der Waals surface area contributed by atoms with Gasteiger partial charge < -0.3 is 5.32 Å². The number of carbonyl (C=O) groups is 1. The highest BCUT2D eigenvalue weighted by Gasteiger charge is 2.05. The van der Waals surface area contributed by atoms with Crippen LogP contribution in [0.25, 0.3) is 0 Å². The number of aromatic nitrogens is 1. The summed E-state index contributed by atoms with van der Waals surface area (Å²) in [6, 6.07) is 7.31. The van der Waals surface area contributed by atoms with Crippen LogP contribution < -0.4 is 5.32 Å². The lowest BCUT2D eigenvalue weighted by Gasteiger charge is -2.03. The van der Waals surface area contributed by atoms with Crippen molar-refractivity contribution in [2.24, 2.45) is 0 Å². The first-order chi connectivity index (χ1) is 8.65. The SMILES string of the molecule is O=C(NCCc1ccc(Br)s1)c1ccc(Cl)nc1. The molecule has 0 radical (unpaired) electrons. The van der Waals surface area contributed by atoms with E-state index >= 15 is 0 Å².